The molecule has 150 valence electrons. The molecule has 29 heavy (non-hydrogen) atoms. The Hall–Kier alpha value is -3.28. The molecule has 0 saturated carbocycles. The number of carbonyl (C=O) groups is 1. The molecule has 6 heteroatoms. The molecule has 0 saturated heterocycles. The number of aromatic nitrogens is 3. The minimum absolute atomic E-state index is 0.165. The summed E-state index contributed by atoms with van der Waals surface area (Å²) in [6.07, 6.45) is 6.43. The van der Waals surface area contributed by atoms with E-state index in [1.165, 1.54) is 5.56 Å². The molecule has 0 aliphatic heterocycles. The normalized spacial score (nSPS) is 10.6. The van der Waals surface area contributed by atoms with Crippen LogP contribution in [0.4, 0.5) is 5.82 Å². The van der Waals surface area contributed by atoms with Gasteiger partial charge in [-0.1, -0.05) is 43.7 Å². The van der Waals surface area contributed by atoms with Crippen LogP contribution in [-0.4, -0.2) is 41.0 Å². The van der Waals surface area contributed by atoms with Crippen molar-refractivity contribution < 1.29 is 4.79 Å². The molecule has 2 heterocycles. The third kappa shape index (κ3) is 5.85. The SMILES string of the molecule is CCCCNC(=O)c1cc(N(C)CCc2ccncc2)nc(-c2ccccc2)n1. The smallest absolute Gasteiger partial charge is 0.270 e. The van der Waals surface area contributed by atoms with Gasteiger partial charge in [0.1, 0.15) is 11.5 Å². The van der Waals surface area contributed by atoms with Crippen LogP contribution < -0.4 is 10.2 Å². The molecule has 0 aliphatic rings. The van der Waals surface area contributed by atoms with E-state index < -0.39 is 0 Å². The molecule has 0 aliphatic carbocycles. The van der Waals surface area contributed by atoms with E-state index in [2.05, 4.69) is 27.1 Å². The molecule has 1 amide bonds. The number of unbranched alkanes of at least 4 members (excludes halogenated alkanes) is 1. The minimum atomic E-state index is -0.165. The maximum Gasteiger partial charge on any atom is 0.270 e. The van der Waals surface area contributed by atoms with Gasteiger partial charge in [0.15, 0.2) is 5.82 Å². The zero-order valence-corrected chi connectivity index (χ0v) is 17.0. The number of amides is 1. The van der Waals surface area contributed by atoms with Gasteiger partial charge in [-0.15, -0.1) is 0 Å². The number of benzene rings is 1. The molecule has 3 rings (SSSR count). The summed E-state index contributed by atoms with van der Waals surface area (Å²) in [5, 5.41) is 2.95. The van der Waals surface area contributed by atoms with Crippen LogP contribution in [0.15, 0.2) is 60.9 Å². The summed E-state index contributed by atoms with van der Waals surface area (Å²) in [6.45, 7) is 3.51. The van der Waals surface area contributed by atoms with Crippen molar-refractivity contribution in [3.63, 3.8) is 0 Å². The van der Waals surface area contributed by atoms with Gasteiger partial charge in [0.25, 0.3) is 5.91 Å². The number of nitrogens with one attached hydrogen (secondary N) is 1. The van der Waals surface area contributed by atoms with Gasteiger partial charge in [-0.3, -0.25) is 9.78 Å². The van der Waals surface area contributed by atoms with E-state index in [1.54, 1.807) is 18.5 Å². The Bertz CT molecular complexity index is 915. The average molecular weight is 390 g/mol. The van der Waals surface area contributed by atoms with E-state index in [4.69, 9.17) is 4.98 Å². The van der Waals surface area contributed by atoms with Crippen LogP contribution in [0.2, 0.25) is 0 Å². The molecule has 0 atom stereocenters. The number of hydrogen-bond acceptors (Lipinski definition) is 5. The number of nitrogens with zero attached hydrogens (tertiary/aromatic N) is 4. The molecular formula is C23H27N5O. The van der Waals surface area contributed by atoms with Crippen molar-refractivity contribution >= 4 is 11.7 Å². The molecule has 1 N–H and O–H groups in total. The van der Waals surface area contributed by atoms with E-state index in [9.17, 15) is 4.79 Å². The summed E-state index contributed by atoms with van der Waals surface area (Å²) in [5.41, 5.74) is 2.49. The van der Waals surface area contributed by atoms with E-state index in [-0.39, 0.29) is 5.91 Å². The first-order chi connectivity index (χ1) is 14.2. The molecule has 6 nitrogen and oxygen atoms in total. The Labute approximate surface area is 172 Å². The van der Waals surface area contributed by atoms with Crippen LogP contribution in [0.25, 0.3) is 11.4 Å². The monoisotopic (exact) mass is 389 g/mol. The Balaban J connectivity index is 1.84. The Morgan fingerprint density at radius 3 is 2.55 bits per heavy atom. The lowest BCUT2D eigenvalue weighted by Crippen LogP contribution is -2.27. The summed E-state index contributed by atoms with van der Waals surface area (Å²) in [6, 6.07) is 15.5. The van der Waals surface area contributed by atoms with Crippen LogP contribution in [0.5, 0.6) is 0 Å². The van der Waals surface area contributed by atoms with Crippen molar-refractivity contribution in [3.8, 4) is 11.4 Å². The lowest BCUT2D eigenvalue weighted by atomic mass is 10.2. The van der Waals surface area contributed by atoms with Crippen LogP contribution in [0.3, 0.4) is 0 Å². The van der Waals surface area contributed by atoms with Crippen molar-refractivity contribution in [2.75, 3.05) is 25.0 Å². The van der Waals surface area contributed by atoms with Crippen LogP contribution in [0.1, 0.15) is 35.8 Å². The number of hydrogen-bond donors (Lipinski definition) is 1. The van der Waals surface area contributed by atoms with Gasteiger partial charge in [-0.25, -0.2) is 9.97 Å². The highest BCUT2D eigenvalue weighted by Gasteiger charge is 2.15. The molecule has 1 aromatic carbocycles. The summed E-state index contributed by atoms with van der Waals surface area (Å²) in [5.74, 6) is 1.12. The first-order valence-electron chi connectivity index (χ1n) is 10.00. The third-order valence-corrected chi connectivity index (χ3v) is 4.67. The highest BCUT2D eigenvalue weighted by Crippen LogP contribution is 2.20. The van der Waals surface area contributed by atoms with E-state index >= 15 is 0 Å². The van der Waals surface area contributed by atoms with Gasteiger partial charge in [0, 0.05) is 44.2 Å². The number of anilines is 1. The van der Waals surface area contributed by atoms with Gasteiger partial charge >= 0.3 is 0 Å². The summed E-state index contributed by atoms with van der Waals surface area (Å²) < 4.78 is 0. The second-order valence-corrected chi connectivity index (χ2v) is 6.94. The van der Waals surface area contributed by atoms with Crippen molar-refractivity contribution in [2.45, 2.75) is 26.2 Å². The standard InChI is InChI=1S/C23H27N5O/c1-3-4-13-25-23(29)20-17-21(27-22(26-20)19-8-6-5-7-9-19)28(2)16-12-18-10-14-24-15-11-18/h5-11,14-15,17H,3-4,12-13,16H2,1-2H3,(H,25,29). The zero-order chi connectivity index (χ0) is 20.5. The van der Waals surface area contributed by atoms with Crippen LogP contribution in [0, 0.1) is 0 Å². The van der Waals surface area contributed by atoms with E-state index in [0.717, 1.165) is 37.2 Å². The number of pyridine rings is 1. The minimum Gasteiger partial charge on any atom is -0.359 e. The lowest BCUT2D eigenvalue weighted by molar-refractivity contribution is 0.0948. The second-order valence-electron chi connectivity index (χ2n) is 6.94. The van der Waals surface area contributed by atoms with Crippen LogP contribution in [-0.2, 0) is 6.42 Å². The molecule has 3 aromatic rings. The predicted octanol–water partition coefficient (Wildman–Crippen LogP) is 3.75. The summed E-state index contributed by atoms with van der Waals surface area (Å²) in [4.78, 5) is 28.0. The molecule has 0 fully saturated rings. The zero-order valence-electron chi connectivity index (χ0n) is 17.0. The van der Waals surface area contributed by atoms with Crippen molar-refractivity contribution in [1.29, 1.82) is 0 Å². The van der Waals surface area contributed by atoms with Gasteiger partial charge in [0.05, 0.1) is 0 Å². The maximum atomic E-state index is 12.6. The average Bonchev–Trinajstić information content (AvgIpc) is 2.78. The molecular weight excluding hydrogens is 362 g/mol. The van der Waals surface area contributed by atoms with Gasteiger partial charge < -0.3 is 10.2 Å². The summed E-state index contributed by atoms with van der Waals surface area (Å²) in [7, 11) is 1.98. The number of carbonyl (C=O) groups excluding carboxylic acids is 1. The Kier molecular flexibility index (Phi) is 7.28. The second kappa shape index (κ2) is 10.3. The van der Waals surface area contributed by atoms with E-state index in [0.29, 0.717) is 18.1 Å². The van der Waals surface area contributed by atoms with Crippen molar-refractivity contribution in [1.82, 2.24) is 20.3 Å². The van der Waals surface area contributed by atoms with Gasteiger partial charge in [-0.2, -0.15) is 0 Å². The fraction of sp³-hybridized carbons (Fsp3) is 0.304. The van der Waals surface area contributed by atoms with Crippen LogP contribution >= 0.6 is 0 Å². The first-order valence-corrected chi connectivity index (χ1v) is 10.00. The maximum absolute atomic E-state index is 12.6. The molecule has 0 spiro atoms. The van der Waals surface area contributed by atoms with Crippen molar-refractivity contribution in [2.24, 2.45) is 0 Å². The Morgan fingerprint density at radius 1 is 1.07 bits per heavy atom. The van der Waals surface area contributed by atoms with Gasteiger partial charge in [-0.05, 0) is 30.5 Å². The first kappa shape index (κ1) is 20.5. The van der Waals surface area contributed by atoms with E-state index in [1.807, 2.05) is 49.5 Å². The lowest BCUT2D eigenvalue weighted by Gasteiger charge is -2.19. The highest BCUT2D eigenvalue weighted by atomic mass is 16.1. The van der Waals surface area contributed by atoms with Gasteiger partial charge in [0.2, 0.25) is 0 Å². The largest absolute Gasteiger partial charge is 0.359 e. The Morgan fingerprint density at radius 2 is 1.83 bits per heavy atom. The fourth-order valence-electron chi connectivity index (χ4n) is 2.89. The number of rotatable bonds is 9. The topological polar surface area (TPSA) is 71.0 Å². The van der Waals surface area contributed by atoms with Crippen molar-refractivity contribution in [3.05, 3.63) is 72.2 Å². The molecule has 0 unspecified atom stereocenters. The predicted molar refractivity (Wildman–Crippen MR) is 116 cm³/mol. The highest BCUT2D eigenvalue weighted by molar-refractivity contribution is 5.93. The quantitative estimate of drug-likeness (QED) is 0.565. The third-order valence-electron chi connectivity index (χ3n) is 4.67. The summed E-state index contributed by atoms with van der Waals surface area (Å²) >= 11 is 0. The molecule has 0 radical (unpaired) electrons. The molecule has 0 bridgehead atoms. The number of likely N-dealkylation sites (N-methyl/N-ethyl adjacent to an activating group) is 1. The molecule has 2 aromatic heterocycles. The fourth-order valence-corrected chi connectivity index (χ4v) is 2.89.